The largest absolute Gasteiger partial charge is 0.497 e. The molecule has 0 fully saturated rings. The topological polar surface area (TPSA) is 104 Å². The molecule has 0 bridgehead atoms. The van der Waals surface area contributed by atoms with E-state index in [1.54, 1.807) is 7.11 Å². The van der Waals surface area contributed by atoms with E-state index in [9.17, 15) is 8.42 Å². The van der Waals surface area contributed by atoms with E-state index >= 15 is 0 Å². The highest BCUT2D eigenvalue weighted by atomic mass is 32.2. The Morgan fingerprint density at radius 3 is 2.29 bits per heavy atom. The number of benzene rings is 1. The van der Waals surface area contributed by atoms with Crippen molar-refractivity contribution in [2.45, 2.75) is 24.5 Å². The second-order valence-corrected chi connectivity index (χ2v) is 7.20. The second kappa shape index (κ2) is 8.07. The van der Waals surface area contributed by atoms with E-state index in [0.29, 0.717) is 24.4 Å². The first kappa shape index (κ1) is 18.2. The fraction of sp³-hybridized carbons (Fsp3) is 0.375. The van der Waals surface area contributed by atoms with Crippen LogP contribution >= 0.6 is 0 Å². The average Bonchev–Trinajstić information content (AvgIpc) is 2.58. The molecule has 0 amide bonds. The Bertz CT molecular complexity index is 746. The van der Waals surface area contributed by atoms with Crippen LogP contribution in [0.25, 0.3) is 0 Å². The summed E-state index contributed by atoms with van der Waals surface area (Å²) in [4.78, 5) is 8.19. The number of ether oxygens (including phenoxy) is 2. The summed E-state index contributed by atoms with van der Waals surface area (Å²) in [7, 11) is -0.595. The summed E-state index contributed by atoms with van der Waals surface area (Å²) < 4.78 is 33.8. The molecule has 7 nitrogen and oxygen atoms in total. The van der Waals surface area contributed by atoms with Crippen molar-refractivity contribution in [1.29, 1.82) is 0 Å². The Morgan fingerprint density at radius 2 is 1.79 bits per heavy atom. The molecule has 2 N–H and O–H groups in total. The molecule has 0 radical (unpaired) electrons. The van der Waals surface area contributed by atoms with E-state index in [1.165, 1.54) is 19.5 Å². The predicted octanol–water partition coefficient (Wildman–Crippen LogP) is 1.33. The van der Waals surface area contributed by atoms with Gasteiger partial charge in [0.1, 0.15) is 5.75 Å². The Hall–Kier alpha value is -2.19. The van der Waals surface area contributed by atoms with E-state index in [0.717, 1.165) is 11.3 Å². The second-order valence-electron chi connectivity index (χ2n) is 5.35. The zero-order chi connectivity index (χ0) is 17.6. The molecule has 1 unspecified atom stereocenters. The Labute approximate surface area is 141 Å². The van der Waals surface area contributed by atoms with Gasteiger partial charge in [0.05, 0.1) is 37.6 Å². The molecule has 2 rings (SSSR count). The third kappa shape index (κ3) is 5.17. The summed E-state index contributed by atoms with van der Waals surface area (Å²) in [5.74, 6) is 1.14. The summed E-state index contributed by atoms with van der Waals surface area (Å²) in [6.07, 6.45) is 4.17. The molecule has 0 aliphatic carbocycles. The van der Waals surface area contributed by atoms with Crippen LogP contribution in [0.5, 0.6) is 11.6 Å². The van der Waals surface area contributed by atoms with Gasteiger partial charge < -0.3 is 9.47 Å². The van der Waals surface area contributed by atoms with Crippen LogP contribution in [-0.2, 0) is 22.9 Å². The normalized spacial score (nSPS) is 12.6. The molecule has 1 heterocycles. The van der Waals surface area contributed by atoms with Crippen LogP contribution in [0.2, 0.25) is 0 Å². The molecule has 8 heteroatoms. The maximum atomic E-state index is 11.9. The Balaban J connectivity index is 2.04. The monoisotopic (exact) mass is 351 g/mol. The fourth-order valence-corrected chi connectivity index (χ4v) is 3.14. The number of aromatic nitrogens is 2. The zero-order valence-corrected chi connectivity index (χ0v) is 14.5. The number of rotatable bonds is 8. The molecule has 130 valence electrons. The number of hydrogen-bond donors (Lipinski definition) is 1. The highest BCUT2D eigenvalue weighted by molar-refractivity contribution is 7.89. The number of hydrogen-bond acceptors (Lipinski definition) is 6. The third-order valence-electron chi connectivity index (χ3n) is 3.71. The molecule has 2 aromatic rings. The Morgan fingerprint density at radius 1 is 1.08 bits per heavy atom. The lowest BCUT2D eigenvalue weighted by atomic mass is 10.1. The van der Waals surface area contributed by atoms with Crippen LogP contribution in [0.1, 0.15) is 17.7 Å². The lowest BCUT2D eigenvalue weighted by Gasteiger charge is -2.14. The van der Waals surface area contributed by atoms with Crippen molar-refractivity contribution in [3.05, 3.63) is 47.9 Å². The minimum absolute atomic E-state index is 0.214. The van der Waals surface area contributed by atoms with Gasteiger partial charge in [-0.1, -0.05) is 12.1 Å². The van der Waals surface area contributed by atoms with Gasteiger partial charge in [-0.05, 0) is 30.5 Å². The van der Waals surface area contributed by atoms with Gasteiger partial charge in [-0.2, -0.15) is 0 Å². The maximum absolute atomic E-state index is 11.9. The van der Waals surface area contributed by atoms with Crippen molar-refractivity contribution in [3.63, 3.8) is 0 Å². The molecular weight excluding hydrogens is 330 g/mol. The van der Waals surface area contributed by atoms with Crippen LogP contribution in [0.4, 0.5) is 0 Å². The SMILES string of the molecule is COc1ccc(CCC(Cc2cnc(OC)cn2)S(N)(=O)=O)cc1. The lowest BCUT2D eigenvalue weighted by molar-refractivity contribution is 0.395. The zero-order valence-electron chi connectivity index (χ0n) is 13.7. The molecule has 0 aliphatic rings. The first-order valence-corrected chi connectivity index (χ1v) is 9.02. The smallest absolute Gasteiger partial charge is 0.231 e. The maximum Gasteiger partial charge on any atom is 0.231 e. The molecule has 0 saturated heterocycles. The number of primary sulfonamides is 1. The average molecular weight is 351 g/mol. The van der Waals surface area contributed by atoms with Crippen molar-refractivity contribution in [2.75, 3.05) is 14.2 Å². The van der Waals surface area contributed by atoms with Gasteiger partial charge in [0.2, 0.25) is 15.9 Å². The molecule has 24 heavy (non-hydrogen) atoms. The predicted molar refractivity (Wildman–Crippen MR) is 90.5 cm³/mol. The van der Waals surface area contributed by atoms with E-state index in [2.05, 4.69) is 9.97 Å². The minimum atomic E-state index is -3.69. The first-order valence-electron chi connectivity index (χ1n) is 7.42. The summed E-state index contributed by atoms with van der Waals surface area (Å²) in [5, 5.41) is 4.65. The van der Waals surface area contributed by atoms with Crippen molar-refractivity contribution in [1.82, 2.24) is 9.97 Å². The summed E-state index contributed by atoms with van der Waals surface area (Å²) in [6, 6.07) is 7.50. The molecule has 0 spiro atoms. The minimum Gasteiger partial charge on any atom is -0.497 e. The summed E-state index contributed by atoms with van der Waals surface area (Å²) >= 11 is 0. The van der Waals surface area contributed by atoms with Crippen molar-refractivity contribution >= 4 is 10.0 Å². The molecule has 1 aromatic carbocycles. The van der Waals surface area contributed by atoms with Crippen molar-refractivity contribution in [3.8, 4) is 11.6 Å². The molecule has 1 atom stereocenters. The van der Waals surface area contributed by atoms with E-state index in [1.807, 2.05) is 24.3 Å². The van der Waals surface area contributed by atoms with Gasteiger partial charge in [0, 0.05) is 6.42 Å². The van der Waals surface area contributed by atoms with Gasteiger partial charge in [-0.15, -0.1) is 0 Å². The number of nitrogens with two attached hydrogens (primary N) is 1. The number of aryl methyl sites for hydroxylation is 1. The molecular formula is C16H21N3O4S. The van der Waals surface area contributed by atoms with Crippen molar-refractivity contribution in [2.24, 2.45) is 5.14 Å². The third-order valence-corrected chi connectivity index (χ3v) is 5.04. The van der Waals surface area contributed by atoms with Crippen molar-refractivity contribution < 1.29 is 17.9 Å². The first-order chi connectivity index (χ1) is 11.4. The van der Waals surface area contributed by atoms with Crippen LogP contribution in [0, 0.1) is 0 Å². The highest BCUT2D eigenvalue weighted by Crippen LogP contribution is 2.17. The van der Waals surface area contributed by atoms with Crippen LogP contribution < -0.4 is 14.6 Å². The van der Waals surface area contributed by atoms with Gasteiger partial charge in [0.25, 0.3) is 0 Å². The lowest BCUT2D eigenvalue weighted by Crippen LogP contribution is -2.31. The van der Waals surface area contributed by atoms with Crippen LogP contribution in [0.3, 0.4) is 0 Å². The van der Waals surface area contributed by atoms with Gasteiger partial charge in [-0.25, -0.2) is 18.5 Å². The Kier molecular flexibility index (Phi) is 6.10. The number of nitrogens with zero attached hydrogens (tertiary/aromatic N) is 2. The van der Waals surface area contributed by atoms with Gasteiger partial charge >= 0.3 is 0 Å². The molecule has 1 aromatic heterocycles. The summed E-state index contributed by atoms with van der Waals surface area (Å²) in [5.41, 5.74) is 1.58. The number of sulfonamides is 1. The van der Waals surface area contributed by atoms with Crippen LogP contribution in [0.15, 0.2) is 36.7 Å². The van der Waals surface area contributed by atoms with E-state index in [-0.39, 0.29) is 6.42 Å². The molecule has 0 aliphatic heterocycles. The quantitative estimate of drug-likeness (QED) is 0.769. The van der Waals surface area contributed by atoms with Crippen LogP contribution in [-0.4, -0.2) is 37.9 Å². The van der Waals surface area contributed by atoms with Gasteiger partial charge in [-0.3, -0.25) is 4.98 Å². The summed E-state index contributed by atoms with van der Waals surface area (Å²) in [6.45, 7) is 0. The van der Waals surface area contributed by atoms with E-state index < -0.39 is 15.3 Å². The van der Waals surface area contributed by atoms with E-state index in [4.69, 9.17) is 14.6 Å². The highest BCUT2D eigenvalue weighted by Gasteiger charge is 2.22. The standard InChI is InChI=1S/C16H21N3O4S/c1-22-14-6-3-12(4-7-14)5-8-15(24(17,20)21)9-13-10-19-16(23-2)11-18-13/h3-4,6-7,10-11,15H,5,8-9H2,1-2H3,(H2,17,20,21). The molecule has 0 saturated carbocycles. The number of methoxy groups -OCH3 is 2. The van der Waals surface area contributed by atoms with Gasteiger partial charge in [0.15, 0.2) is 0 Å². The fourth-order valence-electron chi connectivity index (χ4n) is 2.29.